The van der Waals surface area contributed by atoms with E-state index < -0.39 is 107 Å². The van der Waals surface area contributed by atoms with Crippen LogP contribution in [0, 0.1) is 29.1 Å². The van der Waals surface area contributed by atoms with Gasteiger partial charge in [0.25, 0.3) is 0 Å². The highest BCUT2D eigenvalue weighted by molar-refractivity contribution is 6.07. The van der Waals surface area contributed by atoms with E-state index in [1.807, 2.05) is 0 Å². The van der Waals surface area contributed by atoms with Gasteiger partial charge in [-0.3, -0.25) is 38.5 Å². The molecule has 0 unspecified atom stereocenters. The van der Waals surface area contributed by atoms with Crippen LogP contribution in [-0.4, -0.2) is 105 Å². The highest BCUT2D eigenvalue weighted by atomic mass is 16.5. The number of nitrogens with one attached hydrogen (secondary N) is 2. The number of carboxylic acids is 2. The molecule has 3 rings (SSSR count). The third kappa shape index (κ3) is 12.9. The molecule has 2 fully saturated rings. The summed E-state index contributed by atoms with van der Waals surface area (Å²) in [5.41, 5.74) is -1.52. The molecule has 1 aliphatic carbocycles. The Bertz CT molecular complexity index is 1730. The predicted octanol–water partition coefficient (Wildman–Crippen LogP) is 3.56. The quantitative estimate of drug-likeness (QED) is 0.0890. The predicted molar refractivity (Wildman–Crippen MR) is 205 cm³/mol. The standard InChI is InChI=1S/C41H56N4O12/c1-23(2)34(32(48)20-28(39(53)54)24-12-8-7-9-13-24)43-37(51)30-19-26(46)22-45(30)38(52)35(41(3,4)5)44-36(50)25(14-10-11-15-33(49)57-6)18-31(47)27-16-17-42-21-29(27)40(55)56/h11,15-17,21,23-25,28,30,34-35H,7-10,12-14,18-20,22H2,1-6H3,(H,43,51)(H,44,50)(H,53,54)(H,55,56)/b15-11+/t25-,28+,30+,34+,35-/m1/s1. The van der Waals surface area contributed by atoms with Crippen molar-refractivity contribution in [1.82, 2.24) is 20.5 Å². The number of pyridine rings is 1. The van der Waals surface area contributed by atoms with Crippen LogP contribution in [0.15, 0.2) is 30.6 Å². The summed E-state index contributed by atoms with van der Waals surface area (Å²) >= 11 is 0. The summed E-state index contributed by atoms with van der Waals surface area (Å²) in [5, 5.41) is 25.0. The van der Waals surface area contributed by atoms with Gasteiger partial charge in [-0.1, -0.05) is 60.0 Å². The highest BCUT2D eigenvalue weighted by Gasteiger charge is 2.46. The lowest BCUT2D eigenvalue weighted by atomic mass is 9.77. The number of nitrogens with zero attached hydrogens (tertiary/aromatic N) is 2. The number of carboxylic acid groups (broad SMARTS) is 2. The Labute approximate surface area is 332 Å². The third-order valence-electron chi connectivity index (χ3n) is 10.7. The SMILES string of the molecule is COC(=O)/C=C/CC[C@H](CC(=O)c1ccncc1C(=O)O)C(=O)N[C@H](C(=O)N1CC(=O)C[C@H]1C(=O)N[C@H](C(=O)C[C@H](C(=O)O)C1CCCCC1)C(C)C)C(C)(C)C. The highest BCUT2D eigenvalue weighted by Crippen LogP contribution is 2.33. The largest absolute Gasteiger partial charge is 0.481 e. The number of aromatic nitrogens is 1. The maximum Gasteiger partial charge on any atom is 0.338 e. The van der Waals surface area contributed by atoms with Gasteiger partial charge in [-0.2, -0.15) is 0 Å². The minimum absolute atomic E-state index is 0.00490. The van der Waals surface area contributed by atoms with Crippen molar-refractivity contribution in [3.63, 3.8) is 0 Å². The van der Waals surface area contributed by atoms with Crippen molar-refractivity contribution in [3.05, 3.63) is 41.7 Å². The number of hydrogen-bond donors (Lipinski definition) is 4. The number of likely N-dealkylation sites (tertiary alicyclic amines) is 1. The monoisotopic (exact) mass is 796 g/mol. The Morgan fingerprint density at radius 1 is 0.982 bits per heavy atom. The summed E-state index contributed by atoms with van der Waals surface area (Å²) in [6.07, 6.45) is 8.10. The Kier molecular flexibility index (Phi) is 16.8. The molecule has 0 radical (unpaired) electrons. The number of Topliss-reactive ketones (excluding diaryl/α,β-unsaturated/α-hetero) is 3. The van der Waals surface area contributed by atoms with E-state index in [2.05, 4.69) is 20.4 Å². The van der Waals surface area contributed by atoms with Crippen molar-refractivity contribution >= 4 is 53.0 Å². The number of aromatic carboxylic acids is 1. The number of hydrogen-bond acceptors (Lipinski definition) is 11. The molecule has 0 bridgehead atoms. The number of rotatable bonds is 19. The van der Waals surface area contributed by atoms with E-state index in [0.717, 1.165) is 36.4 Å². The molecule has 57 heavy (non-hydrogen) atoms. The van der Waals surface area contributed by atoms with Crippen LogP contribution in [0.5, 0.6) is 0 Å². The molecule has 4 N–H and O–H groups in total. The lowest BCUT2D eigenvalue weighted by molar-refractivity contribution is -0.147. The average Bonchev–Trinajstić information content (AvgIpc) is 3.56. The number of allylic oxidation sites excluding steroid dienone is 1. The molecule has 0 aromatic carbocycles. The first-order chi connectivity index (χ1) is 26.8. The molecular formula is C41H56N4O12. The molecule has 16 nitrogen and oxygen atoms in total. The average molecular weight is 797 g/mol. The van der Waals surface area contributed by atoms with E-state index in [1.165, 1.54) is 25.4 Å². The van der Waals surface area contributed by atoms with Crippen molar-refractivity contribution in [2.24, 2.45) is 29.1 Å². The van der Waals surface area contributed by atoms with Crippen LogP contribution in [0.1, 0.15) is 120 Å². The van der Waals surface area contributed by atoms with Gasteiger partial charge in [0.1, 0.15) is 12.1 Å². The Morgan fingerprint density at radius 3 is 2.23 bits per heavy atom. The van der Waals surface area contributed by atoms with Gasteiger partial charge in [0, 0.05) is 49.2 Å². The molecule has 1 aromatic rings. The first-order valence-electron chi connectivity index (χ1n) is 19.4. The second-order valence-corrected chi connectivity index (χ2v) is 16.3. The first kappa shape index (κ1) is 46.1. The number of esters is 1. The van der Waals surface area contributed by atoms with Crippen LogP contribution in [-0.2, 0) is 38.3 Å². The summed E-state index contributed by atoms with van der Waals surface area (Å²) in [7, 11) is 1.19. The molecule has 5 atom stereocenters. The molecule has 1 aromatic heterocycles. The lowest BCUT2D eigenvalue weighted by Gasteiger charge is -2.36. The normalized spacial score (nSPS) is 18.4. The van der Waals surface area contributed by atoms with Gasteiger partial charge in [0.05, 0.1) is 31.2 Å². The van der Waals surface area contributed by atoms with E-state index in [0.29, 0.717) is 12.8 Å². The summed E-state index contributed by atoms with van der Waals surface area (Å²) in [6, 6.07) is -2.49. The van der Waals surface area contributed by atoms with E-state index in [4.69, 9.17) is 0 Å². The number of ketones is 3. The summed E-state index contributed by atoms with van der Waals surface area (Å²) in [5.74, 6) is -9.51. The second kappa shape index (κ2) is 20.8. The Morgan fingerprint density at radius 2 is 1.65 bits per heavy atom. The zero-order chi connectivity index (χ0) is 42.6. The molecule has 0 spiro atoms. The molecule has 312 valence electrons. The number of carbonyl (C=O) groups is 9. The van der Waals surface area contributed by atoms with Crippen LogP contribution in [0.25, 0.3) is 0 Å². The van der Waals surface area contributed by atoms with E-state index in [-0.39, 0.29) is 42.7 Å². The Hall–Kier alpha value is -5.28. The zero-order valence-electron chi connectivity index (χ0n) is 33.6. The molecule has 3 amide bonds. The fourth-order valence-electron chi connectivity index (χ4n) is 7.45. The number of carbonyl (C=O) groups excluding carboxylic acids is 7. The van der Waals surface area contributed by atoms with E-state index in [1.54, 1.807) is 34.6 Å². The zero-order valence-corrected chi connectivity index (χ0v) is 33.6. The Balaban J connectivity index is 1.85. The molecular weight excluding hydrogens is 740 g/mol. The van der Waals surface area contributed by atoms with Gasteiger partial charge in [-0.15, -0.1) is 0 Å². The topological polar surface area (TPSA) is 244 Å². The maximum atomic E-state index is 14.3. The minimum atomic E-state index is -1.39. The van der Waals surface area contributed by atoms with Gasteiger partial charge in [0.2, 0.25) is 17.7 Å². The maximum absolute atomic E-state index is 14.3. The molecule has 16 heteroatoms. The van der Waals surface area contributed by atoms with Gasteiger partial charge in [0.15, 0.2) is 17.3 Å². The minimum Gasteiger partial charge on any atom is -0.481 e. The lowest BCUT2D eigenvalue weighted by Crippen LogP contribution is -2.59. The van der Waals surface area contributed by atoms with Crippen molar-refractivity contribution in [3.8, 4) is 0 Å². The van der Waals surface area contributed by atoms with Crippen molar-refractivity contribution in [2.45, 2.75) is 117 Å². The van der Waals surface area contributed by atoms with Gasteiger partial charge >= 0.3 is 17.9 Å². The first-order valence-corrected chi connectivity index (χ1v) is 19.4. The van der Waals surface area contributed by atoms with Crippen LogP contribution in [0.3, 0.4) is 0 Å². The van der Waals surface area contributed by atoms with Crippen molar-refractivity contribution < 1.29 is 58.1 Å². The van der Waals surface area contributed by atoms with Gasteiger partial charge in [-0.25, -0.2) is 9.59 Å². The van der Waals surface area contributed by atoms with Crippen LogP contribution >= 0.6 is 0 Å². The molecule has 2 aliphatic rings. The summed E-state index contributed by atoms with van der Waals surface area (Å²) in [4.78, 5) is 123. The van der Waals surface area contributed by atoms with Crippen molar-refractivity contribution in [1.29, 1.82) is 0 Å². The van der Waals surface area contributed by atoms with Crippen LogP contribution < -0.4 is 10.6 Å². The number of methoxy groups -OCH3 is 1. The number of ether oxygens (including phenoxy) is 1. The third-order valence-corrected chi connectivity index (χ3v) is 10.7. The molecule has 1 saturated carbocycles. The number of aliphatic carboxylic acids is 1. The van der Waals surface area contributed by atoms with Crippen molar-refractivity contribution in [2.75, 3.05) is 13.7 Å². The smallest absolute Gasteiger partial charge is 0.338 e. The fraction of sp³-hybridized carbons (Fsp3) is 0.610. The summed E-state index contributed by atoms with van der Waals surface area (Å²) in [6.45, 7) is 7.96. The fourth-order valence-corrected chi connectivity index (χ4v) is 7.45. The van der Waals surface area contributed by atoms with Gasteiger partial charge in [-0.05, 0) is 49.0 Å². The second-order valence-electron chi connectivity index (χ2n) is 16.3. The van der Waals surface area contributed by atoms with Crippen LogP contribution in [0.2, 0.25) is 0 Å². The van der Waals surface area contributed by atoms with E-state index in [9.17, 15) is 53.4 Å². The van der Waals surface area contributed by atoms with E-state index >= 15 is 0 Å². The molecule has 1 aliphatic heterocycles. The van der Waals surface area contributed by atoms with Crippen LogP contribution in [0.4, 0.5) is 0 Å². The number of amides is 3. The summed E-state index contributed by atoms with van der Waals surface area (Å²) < 4.78 is 4.60. The molecule has 2 heterocycles. The molecule has 1 saturated heterocycles. The van der Waals surface area contributed by atoms with Gasteiger partial charge < -0.3 is 30.5 Å².